The molecule has 2 atom stereocenters. The summed E-state index contributed by atoms with van der Waals surface area (Å²) >= 11 is 0. The minimum absolute atomic E-state index is 0.0212. The Balaban J connectivity index is 1.42. The topological polar surface area (TPSA) is 50.8 Å². The summed E-state index contributed by atoms with van der Waals surface area (Å²) in [7, 11) is 0. The summed E-state index contributed by atoms with van der Waals surface area (Å²) in [4.78, 5) is 14.7. The summed E-state index contributed by atoms with van der Waals surface area (Å²) in [6.45, 7) is 4.92. The first kappa shape index (κ1) is 18.4. The number of amides is 1. The van der Waals surface area contributed by atoms with Gasteiger partial charge in [-0.15, -0.1) is 0 Å². The number of likely N-dealkylation sites (tertiary alicyclic amines) is 1. The van der Waals surface area contributed by atoms with Crippen molar-refractivity contribution in [2.75, 3.05) is 32.8 Å². The molecule has 0 radical (unpaired) electrons. The fourth-order valence-electron chi connectivity index (χ4n) is 3.55. The molecule has 1 amide bonds. The molecule has 5 nitrogen and oxygen atoms in total. The molecule has 3 rings (SSSR count). The number of ether oxygens (including phenoxy) is 2. The number of nitrogens with zero attached hydrogens (tertiary/aromatic N) is 1. The van der Waals surface area contributed by atoms with Gasteiger partial charge >= 0.3 is 0 Å². The van der Waals surface area contributed by atoms with Crippen molar-refractivity contribution < 1.29 is 14.3 Å². The molecule has 2 aliphatic rings. The standard InChI is InChI=1S/C20H30N2O3/c23-20(9-13-22-11-5-2-6-12-22)21-18-16-24-14-10-19(18)25-15-17-7-3-1-4-8-17/h1,3-4,7-8,18-19H,2,5-6,9-16H2,(H,21,23)/t18-,19+/m1/s1. The van der Waals surface area contributed by atoms with Crippen molar-refractivity contribution >= 4 is 5.91 Å². The SMILES string of the molecule is O=C(CCN1CCCCC1)N[C@@H]1COCC[C@@H]1OCc1ccccc1. The van der Waals surface area contributed by atoms with Crippen LogP contribution < -0.4 is 5.32 Å². The van der Waals surface area contributed by atoms with E-state index in [1.807, 2.05) is 18.2 Å². The zero-order valence-electron chi connectivity index (χ0n) is 15.0. The Morgan fingerprint density at radius 1 is 1.20 bits per heavy atom. The lowest BCUT2D eigenvalue weighted by molar-refractivity contribution is -0.126. The number of hydrogen-bond acceptors (Lipinski definition) is 4. The van der Waals surface area contributed by atoms with Crippen molar-refractivity contribution in [1.29, 1.82) is 0 Å². The second-order valence-electron chi connectivity index (χ2n) is 7.02. The number of benzene rings is 1. The van der Waals surface area contributed by atoms with E-state index in [-0.39, 0.29) is 18.1 Å². The first-order valence-corrected chi connectivity index (χ1v) is 9.56. The normalized spacial score (nSPS) is 24.8. The van der Waals surface area contributed by atoms with Crippen LogP contribution in [0.3, 0.4) is 0 Å². The molecule has 1 aromatic rings. The van der Waals surface area contributed by atoms with Crippen LogP contribution in [0, 0.1) is 0 Å². The van der Waals surface area contributed by atoms with E-state index in [9.17, 15) is 4.79 Å². The lowest BCUT2D eigenvalue weighted by Crippen LogP contribution is -2.51. The zero-order valence-corrected chi connectivity index (χ0v) is 15.0. The maximum atomic E-state index is 12.3. The number of nitrogens with one attached hydrogen (secondary N) is 1. The maximum Gasteiger partial charge on any atom is 0.221 e. The van der Waals surface area contributed by atoms with Crippen LogP contribution in [0.15, 0.2) is 30.3 Å². The van der Waals surface area contributed by atoms with Crippen LogP contribution in [-0.2, 0) is 20.9 Å². The van der Waals surface area contributed by atoms with Crippen LogP contribution >= 0.6 is 0 Å². The highest BCUT2D eigenvalue weighted by Gasteiger charge is 2.28. The second-order valence-corrected chi connectivity index (χ2v) is 7.02. The molecule has 0 spiro atoms. The van der Waals surface area contributed by atoms with Crippen molar-refractivity contribution in [3.63, 3.8) is 0 Å². The van der Waals surface area contributed by atoms with E-state index < -0.39 is 0 Å². The van der Waals surface area contributed by atoms with Crippen molar-refractivity contribution in [2.45, 2.75) is 50.9 Å². The Bertz CT molecular complexity index is 517. The van der Waals surface area contributed by atoms with Gasteiger partial charge in [-0.3, -0.25) is 4.79 Å². The van der Waals surface area contributed by atoms with Crippen LogP contribution in [-0.4, -0.2) is 55.8 Å². The molecular formula is C20H30N2O3. The molecule has 0 aromatic heterocycles. The number of carbonyl (C=O) groups excluding carboxylic acids is 1. The van der Waals surface area contributed by atoms with Crippen molar-refractivity contribution in [1.82, 2.24) is 10.2 Å². The van der Waals surface area contributed by atoms with Gasteiger partial charge in [0.1, 0.15) is 0 Å². The van der Waals surface area contributed by atoms with E-state index in [1.165, 1.54) is 19.3 Å². The van der Waals surface area contributed by atoms with Gasteiger partial charge < -0.3 is 19.7 Å². The van der Waals surface area contributed by atoms with Gasteiger partial charge in [0.2, 0.25) is 5.91 Å². The first-order chi connectivity index (χ1) is 12.3. The fourth-order valence-corrected chi connectivity index (χ4v) is 3.55. The molecule has 2 aliphatic heterocycles. The summed E-state index contributed by atoms with van der Waals surface area (Å²) in [5.74, 6) is 0.106. The Kier molecular flexibility index (Phi) is 7.27. The van der Waals surface area contributed by atoms with Gasteiger partial charge in [-0.1, -0.05) is 36.8 Å². The van der Waals surface area contributed by atoms with Gasteiger partial charge in [0.05, 0.1) is 25.4 Å². The molecule has 0 bridgehead atoms. The third-order valence-electron chi connectivity index (χ3n) is 5.05. The predicted octanol–water partition coefficient (Wildman–Crippen LogP) is 2.35. The van der Waals surface area contributed by atoms with Crippen LogP contribution in [0.25, 0.3) is 0 Å². The molecule has 2 heterocycles. The minimum Gasteiger partial charge on any atom is -0.379 e. The average molecular weight is 346 g/mol. The second kappa shape index (κ2) is 9.90. The predicted molar refractivity (Wildman–Crippen MR) is 97.3 cm³/mol. The smallest absolute Gasteiger partial charge is 0.221 e. The third kappa shape index (κ3) is 6.10. The van der Waals surface area contributed by atoms with E-state index in [0.717, 1.165) is 31.6 Å². The Morgan fingerprint density at radius 2 is 2.00 bits per heavy atom. The van der Waals surface area contributed by atoms with E-state index in [4.69, 9.17) is 9.47 Å². The molecule has 2 fully saturated rings. The van der Waals surface area contributed by atoms with Gasteiger partial charge in [0.15, 0.2) is 0 Å². The molecule has 5 heteroatoms. The molecule has 0 unspecified atom stereocenters. The van der Waals surface area contributed by atoms with Gasteiger partial charge in [-0.25, -0.2) is 0 Å². The average Bonchev–Trinajstić information content (AvgIpc) is 2.67. The van der Waals surface area contributed by atoms with Crippen LogP contribution in [0.1, 0.15) is 37.7 Å². The van der Waals surface area contributed by atoms with Gasteiger partial charge in [0.25, 0.3) is 0 Å². The van der Waals surface area contributed by atoms with E-state index in [0.29, 0.717) is 26.2 Å². The zero-order chi connectivity index (χ0) is 17.3. The van der Waals surface area contributed by atoms with E-state index in [1.54, 1.807) is 0 Å². The van der Waals surface area contributed by atoms with Gasteiger partial charge in [-0.2, -0.15) is 0 Å². The highest BCUT2D eigenvalue weighted by Crippen LogP contribution is 2.15. The Morgan fingerprint density at radius 3 is 2.80 bits per heavy atom. The van der Waals surface area contributed by atoms with Crippen LogP contribution in [0.4, 0.5) is 0 Å². The molecule has 1 N–H and O–H groups in total. The lowest BCUT2D eigenvalue weighted by Gasteiger charge is -2.32. The Hall–Kier alpha value is -1.43. The van der Waals surface area contributed by atoms with E-state index in [2.05, 4.69) is 22.3 Å². The summed E-state index contributed by atoms with van der Waals surface area (Å²) in [6.07, 6.45) is 5.24. The number of rotatable bonds is 7. The summed E-state index contributed by atoms with van der Waals surface area (Å²) in [5, 5.41) is 3.13. The monoisotopic (exact) mass is 346 g/mol. The highest BCUT2D eigenvalue weighted by atomic mass is 16.5. The number of carbonyl (C=O) groups is 1. The van der Waals surface area contributed by atoms with Crippen molar-refractivity contribution in [3.8, 4) is 0 Å². The van der Waals surface area contributed by atoms with Gasteiger partial charge in [-0.05, 0) is 37.9 Å². The lowest BCUT2D eigenvalue weighted by atomic mass is 10.1. The summed E-state index contributed by atoms with van der Waals surface area (Å²) < 4.78 is 11.6. The summed E-state index contributed by atoms with van der Waals surface area (Å²) in [6, 6.07) is 10.1. The van der Waals surface area contributed by atoms with E-state index >= 15 is 0 Å². The largest absolute Gasteiger partial charge is 0.379 e. The van der Waals surface area contributed by atoms with Gasteiger partial charge in [0, 0.05) is 19.6 Å². The maximum absolute atomic E-state index is 12.3. The molecule has 1 aromatic carbocycles. The fraction of sp³-hybridized carbons (Fsp3) is 0.650. The molecule has 0 aliphatic carbocycles. The highest BCUT2D eigenvalue weighted by molar-refractivity contribution is 5.76. The first-order valence-electron chi connectivity index (χ1n) is 9.56. The van der Waals surface area contributed by atoms with Crippen LogP contribution in [0.2, 0.25) is 0 Å². The number of piperidine rings is 1. The molecule has 138 valence electrons. The number of hydrogen-bond donors (Lipinski definition) is 1. The molecule has 25 heavy (non-hydrogen) atoms. The summed E-state index contributed by atoms with van der Waals surface area (Å²) in [5.41, 5.74) is 1.16. The molecule has 0 saturated carbocycles. The Labute approximate surface area is 150 Å². The minimum atomic E-state index is -0.0497. The van der Waals surface area contributed by atoms with Crippen LogP contribution in [0.5, 0.6) is 0 Å². The third-order valence-corrected chi connectivity index (χ3v) is 5.05. The quantitative estimate of drug-likeness (QED) is 0.823. The van der Waals surface area contributed by atoms with Crippen molar-refractivity contribution in [2.24, 2.45) is 0 Å². The van der Waals surface area contributed by atoms with Crippen molar-refractivity contribution in [3.05, 3.63) is 35.9 Å². The molecule has 2 saturated heterocycles. The molecular weight excluding hydrogens is 316 g/mol.